The van der Waals surface area contributed by atoms with Crippen LogP contribution in [0.4, 0.5) is 0 Å². The number of carbonyl (C=O) groups is 2. The summed E-state index contributed by atoms with van der Waals surface area (Å²) >= 11 is 0. The number of benzene rings is 3. The van der Waals surface area contributed by atoms with Crippen molar-refractivity contribution in [1.82, 2.24) is 0 Å². The van der Waals surface area contributed by atoms with Gasteiger partial charge in [0.05, 0.1) is 25.3 Å². The Morgan fingerprint density at radius 1 is 0.882 bits per heavy atom. The van der Waals surface area contributed by atoms with Crippen molar-refractivity contribution >= 4 is 17.8 Å². The van der Waals surface area contributed by atoms with Gasteiger partial charge in [0.25, 0.3) is 0 Å². The molecule has 1 aliphatic heterocycles. The number of ether oxygens (including phenoxy) is 4. The molecule has 6 heteroatoms. The van der Waals surface area contributed by atoms with Gasteiger partial charge < -0.3 is 18.9 Å². The Hall–Kier alpha value is -4.06. The molecule has 0 fully saturated rings. The molecule has 0 radical (unpaired) electrons. The fraction of sp³-hybridized carbons (Fsp3) is 0.214. The van der Waals surface area contributed by atoms with Crippen LogP contribution in [0.2, 0.25) is 0 Å². The van der Waals surface area contributed by atoms with E-state index in [-0.39, 0.29) is 22.7 Å². The van der Waals surface area contributed by atoms with Crippen molar-refractivity contribution in [2.45, 2.75) is 26.2 Å². The summed E-state index contributed by atoms with van der Waals surface area (Å²) in [7, 11) is 3.01. The summed E-state index contributed by atoms with van der Waals surface area (Å²) in [5.41, 5.74) is 2.84. The second kappa shape index (κ2) is 9.06. The molecule has 0 spiro atoms. The van der Waals surface area contributed by atoms with E-state index in [9.17, 15) is 9.59 Å². The fourth-order valence-electron chi connectivity index (χ4n) is 3.59. The molecule has 0 N–H and O–H groups in total. The van der Waals surface area contributed by atoms with Crippen molar-refractivity contribution in [1.29, 1.82) is 0 Å². The fourth-order valence-corrected chi connectivity index (χ4v) is 3.59. The summed E-state index contributed by atoms with van der Waals surface area (Å²) in [5, 5.41) is 0. The number of fused-ring (bicyclic) bond motifs is 1. The Balaban J connectivity index is 1.51. The molecule has 3 aromatic rings. The van der Waals surface area contributed by atoms with Crippen LogP contribution in [0.25, 0.3) is 6.08 Å². The van der Waals surface area contributed by atoms with Gasteiger partial charge >= 0.3 is 5.97 Å². The van der Waals surface area contributed by atoms with Gasteiger partial charge in [0.2, 0.25) is 5.78 Å². The van der Waals surface area contributed by atoms with Crippen LogP contribution in [0.15, 0.2) is 66.4 Å². The summed E-state index contributed by atoms with van der Waals surface area (Å²) in [6, 6.07) is 17.5. The van der Waals surface area contributed by atoms with Crippen LogP contribution in [0, 0.1) is 0 Å². The maximum absolute atomic E-state index is 12.8. The highest BCUT2D eigenvalue weighted by Crippen LogP contribution is 2.35. The first-order chi connectivity index (χ1) is 16.2. The van der Waals surface area contributed by atoms with Crippen molar-refractivity contribution in [3.63, 3.8) is 0 Å². The van der Waals surface area contributed by atoms with Crippen molar-refractivity contribution in [3.05, 3.63) is 88.7 Å². The molecule has 1 heterocycles. The van der Waals surface area contributed by atoms with E-state index in [1.807, 2.05) is 24.3 Å². The highest BCUT2D eigenvalue weighted by atomic mass is 16.5. The van der Waals surface area contributed by atoms with Crippen LogP contribution >= 0.6 is 0 Å². The molecule has 0 saturated heterocycles. The standard InChI is InChI=1S/C28H26O6/c1-28(2,3)19-9-6-17(7-10-19)14-25-26(29)21-12-11-20(16-23(21)34-25)33-27(30)18-8-13-22(31-4)24(15-18)32-5/h6-16H,1-5H3/b25-14-. The third kappa shape index (κ3) is 4.66. The molecule has 1 aliphatic rings. The van der Waals surface area contributed by atoms with Crippen LogP contribution in [0.3, 0.4) is 0 Å². The second-order valence-corrected chi connectivity index (χ2v) is 8.93. The highest BCUT2D eigenvalue weighted by Gasteiger charge is 2.28. The maximum atomic E-state index is 12.8. The number of ketones is 1. The van der Waals surface area contributed by atoms with Gasteiger partial charge in [-0.3, -0.25) is 4.79 Å². The number of Topliss-reactive ketones (excluding diaryl/α,β-unsaturated/α-hetero) is 1. The number of allylic oxidation sites excluding steroid dienone is 1. The van der Waals surface area contributed by atoms with E-state index in [0.29, 0.717) is 28.4 Å². The summed E-state index contributed by atoms with van der Waals surface area (Å²) in [6.07, 6.45) is 1.71. The Morgan fingerprint density at radius 2 is 1.59 bits per heavy atom. The van der Waals surface area contributed by atoms with E-state index in [2.05, 4.69) is 20.8 Å². The van der Waals surface area contributed by atoms with Gasteiger partial charge in [-0.1, -0.05) is 45.0 Å². The molecule has 0 aliphatic carbocycles. The molecule has 0 saturated carbocycles. The molecule has 0 amide bonds. The molecular weight excluding hydrogens is 432 g/mol. The molecule has 0 atom stereocenters. The first kappa shape index (κ1) is 23.1. The maximum Gasteiger partial charge on any atom is 0.343 e. The molecule has 174 valence electrons. The van der Waals surface area contributed by atoms with Gasteiger partial charge in [-0.05, 0) is 52.9 Å². The minimum atomic E-state index is -0.570. The quantitative estimate of drug-likeness (QED) is 0.272. The molecule has 4 rings (SSSR count). The summed E-state index contributed by atoms with van der Waals surface area (Å²) in [6.45, 7) is 6.45. The molecule has 34 heavy (non-hydrogen) atoms. The number of hydrogen-bond acceptors (Lipinski definition) is 6. The summed E-state index contributed by atoms with van der Waals surface area (Å²) in [5.74, 6) is 0.984. The Morgan fingerprint density at radius 3 is 2.24 bits per heavy atom. The van der Waals surface area contributed by atoms with E-state index in [0.717, 1.165) is 5.56 Å². The lowest BCUT2D eigenvalue weighted by Crippen LogP contribution is -2.10. The minimum absolute atomic E-state index is 0.0480. The number of methoxy groups -OCH3 is 2. The monoisotopic (exact) mass is 458 g/mol. The lowest BCUT2D eigenvalue weighted by molar-refractivity contribution is 0.0734. The van der Waals surface area contributed by atoms with E-state index in [4.69, 9.17) is 18.9 Å². The van der Waals surface area contributed by atoms with Gasteiger partial charge in [-0.15, -0.1) is 0 Å². The lowest BCUT2D eigenvalue weighted by atomic mass is 9.86. The van der Waals surface area contributed by atoms with Crippen molar-refractivity contribution < 1.29 is 28.5 Å². The second-order valence-electron chi connectivity index (χ2n) is 8.93. The van der Waals surface area contributed by atoms with Crippen LogP contribution in [0.5, 0.6) is 23.0 Å². The first-order valence-corrected chi connectivity index (χ1v) is 10.8. The lowest BCUT2D eigenvalue weighted by Gasteiger charge is -2.18. The SMILES string of the molecule is COc1ccc(C(=O)Oc2ccc3c(c2)O/C(=C\c2ccc(C(C)(C)C)cc2)C3=O)cc1OC. The highest BCUT2D eigenvalue weighted by molar-refractivity contribution is 6.14. The summed E-state index contributed by atoms with van der Waals surface area (Å²) in [4.78, 5) is 25.4. The van der Waals surface area contributed by atoms with E-state index < -0.39 is 5.97 Å². The van der Waals surface area contributed by atoms with Crippen molar-refractivity contribution in [2.24, 2.45) is 0 Å². The first-order valence-electron chi connectivity index (χ1n) is 10.8. The van der Waals surface area contributed by atoms with Gasteiger partial charge in [0, 0.05) is 6.07 Å². The van der Waals surface area contributed by atoms with Crippen LogP contribution in [-0.4, -0.2) is 26.0 Å². The summed E-state index contributed by atoms with van der Waals surface area (Å²) < 4.78 is 21.7. The Bertz CT molecular complexity index is 1280. The normalized spacial score (nSPS) is 13.9. The van der Waals surface area contributed by atoms with E-state index in [1.54, 1.807) is 36.4 Å². The zero-order chi connectivity index (χ0) is 24.5. The number of esters is 1. The van der Waals surface area contributed by atoms with Crippen molar-refractivity contribution in [2.75, 3.05) is 14.2 Å². The smallest absolute Gasteiger partial charge is 0.343 e. The van der Waals surface area contributed by atoms with Gasteiger partial charge in [0.15, 0.2) is 17.3 Å². The van der Waals surface area contributed by atoms with Gasteiger partial charge in [-0.2, -0.15) is 0 Å². The molecule has 0 unspecified atom stereocenters. The van der Waals surface area contributed by atoms with Crippen molar-refractivity contribution in [3.8, 4) is 23.0 Å². The predicted octanol–water partition coefficient (Wildman–Crippen LogP) is 5.84. The molecule has 3 aromatic carbocycles. The van der Waals surface area contributed by atoms with Gasteiger partial charge in [-0.25, -0.2) is 4.79 Å². The molecule has 0 aromatic heterocycles. The zero-order valence-electron chi connectivity index (χ0n) is 19.8. The van der Waals surface area contributed by atoms with Gasteiger partial charge in [0.1, 0.15) is 11.5 Å². The predicted molar refractivity (Wildman–Crippen MR) is 129 cm³/mol. The topological polar surface area (TPSA) is 71.1 Å². The van der Waals surface area contributed by atoms with Crippen LogP contribution in [-0.2, 0) is 5.41 Å². The van der Waals surface area contributed by atoms with E-state index >= 15 is 0 Å². The average molecular weight is 459 g/mol. The van der Waals surface area contributed by atoms with E-state index in [1.165, 1.54) is 25.8 Å². The third-order valence-electron chi connectivity index (χ3n) is 5.55. The third-order valence-corrected chi connectivity index (χ3v) is 5.55. The Labute approximate surface area is 198 Å². The number of rotatable bonds is 5. The minimum Gasteiger partial charge on any atom is -0.493 e. The molecule has 6 nitrogen and oxygen atoms in total. The van der Waals surface area contributed by atoms with Crippen LogP contribution < -0.4 is 18.9 Å². The number of hydrogen-bond donors (Lipinski definition) is 0. The molecule has 0 bridgehead atoms. The molecular formula is C28H26O6. The number of carbonyl (C=O) groups excluding carboxylic acids is 2. The largest absolute Gasteiger partial charge is 0.493 e. The zero-order valence-corrected chi connectivity index (χ0v) is 19.8. The van der Waals surface area contributed by atoms with Crippen LogP contribution in [0.1, 0.15) is 52.6 Å². The Kier molecular flexibility index (Phi) is 6.16. The average Bonchev–Trinajstić information content (AvgIpc) is 3.12.